The summed E-state index contributed by atoms with van der Waals surface area (Å²) in [5.41, 5.74) is 0.499. The third-order valence-electron chi connectivity index (χ3n) is 1.39. The minimum Gasteiger partial charge on any atom is -0.228 e. The molecule has 0 unspecified atom stereocenters. The van der Waals surface area contributed by atoms with E-state index < -0.39 is 10.0 Å². The molecule has 0 aliphatic heterocycles. The molecule has 0 saturated heterocycles. The molecule has 1 aromatic rings. The summed E-state index contributed by atoms with van der Waals surface area (Å²) in [6, 6.07) is 5.06. The molecular weight excluding hydrogens is 278 g/mol. The first-order chi connectivity index (χ1) is 5.90. The molecule has 1 aromatic carbocycles. The highest BCUT2D eigenvalue weighted by Crippen LogP contribution is 2.26. The SMILES string of the molecule is NS(=O)(=O)Cc1cccc(Br)c1Cl. The number of rotatable bonds is 2. The minimum absolute atomic E-state index is 0.245. The molecule has 0 aromatic heterocycles. The van der Waals surface area contributed by atoms with Crippen LogP contribution in [0.1, 0.15) is 5.56 Å². The van der Waals surface area contributed by atoms with E-state index in [0.717, 1.165) is 0 Å². The van der Waals surface area contributed by atoms with Crippen LogP contribution >= 0.6 is 27.5 Å². The molecule has 0 heterocycles. The number of halogens is 2. The van der Waals surface area contributed by atoms with E-state index in [-0.39, 0.29) is 5.75 Å². The molecule has 0 saturated carbocycles. The number of sulfonamides is 1. The number of hydrogen-bond donors (Lipinski definition) is 1. The van der Waals surface area contributed by atoms with E-state index in [1.807, 2.05) is 0 Å². The zero-order valence-electron chi connectivity index (χ0n) is 6.50. The van der Waals surface area contributed by atoms with E-state index in [1.54, 1.807) is 18.2 Å². The van der Waals surface area contributed by atoms with Gasteiger partial charge in [0.15, 0.2) is 0 Å². The van der Waals surface area contributed by atoms with Crippen molar-refractivity contribution in [2.45, 2.75) is 5.75 Å². The number of primary sulfonamides is 1. The van der Waals surface area contributed by atoms with Gasteiger partial charge in [-0.25, -0.2) is 13.6 Å². The van der Waals surface area contributed by atoms with Crippen LogP contribution in [-0.2, 0) is 15.8 Å². The maximum absolute atomic E-state index is 10.8. The molecule has 0 spiro atoms. The highest BCUT2D eigenvalue weighted by Gasteiger charge is 2.10. The van der Waals surface area contributed by atoms with Gasteiger partial charge in [-0.2, -0.15) is 0 Å². The Bertz CT molecular complexity index is 419. The second-order valence-electron chi connectivity index (χ2n) is 2.52. The van der Waals surface area contributed by atoms with Crippen LogP contribution in [0.5, 0.6) is 0 Å². The largest absolute Gasteiger partial charge is 0.228 e. The smallest absolute Gasteiger partial charge is 0.213 e. The van der Waals surface area contributed by atoms with Gasteiger partial charge < -0.3 is 0 Å². The van der Waals surface area contributed by atoms with Crippen LogP contribution in [0.3, 0.4) is 0 Å². The van der Waals surface area contributed by atoms with Crippen molar-refractivity contribution in [2.75, 3.05) is 0 Å². The van der Waals surface area contributed by atoms with Gasteiger partial charge >= 0.3 is 0 Å². The molecule has 3 nitrogen and oxygen atoms in total. The van der Waals surface area contributed by atoms with Gasteiger partial charge in [0.05, 0.1) is 10.8 Å². The Morgan fingerprint density at radius 2 is 2.08 bits per heavy atom. The van der Waals surface area contributed by atoms with E-state index in [9.17, 15) is 8.42 Å². The molecule has 2 N–H and O–H groups in total. The maximum atomic E-state index is 10.8. The Hall–Kier alpha value is -0.100. The molecule has 0 aliphatic carbocycles. The molecule has 13 heavy (non-hydrogen) atoms. The summed E-state index contributed by atoms with van der Waals surface area (Å²) < 4.78 is 22.2. The summed E-state index contributed by atoms with van der Waals surface area (Å²) in [6.45, 7) is 0. The summed E-state index contributed by atoms with van der Waals surface area (Å²) >= 11 is 9.02. The standard InChI is InChI=1S/C7H7BrClNO2S/c8-6-3-1-2-5(7(6)9)4-13(10,11)12/h1-3H,4H2,(H2,10,11,12). The zero-order valence-corrected chi connectivity index (χ0v) is 9.66. The summed E-state index contributed by atoms with van der Waals surface area (Å²) in [5.74, 6) is -0.245. The molecule has 6 heteroatoms. The molecule has 0 atom stereocenters. The summed E-state index contributed by atoms with van der Waals surface area (Å²) in [6.07, 6.45) is 0. The third-order valence-corrected chi connectivity index (χ3v) is 3.44. The van der Waals surface area contributed by atoms with Crippen molar-refractivity contribution in [3.63, 3.8) is 0 Å². The van der Waals surface area contributed by atoms with Crippen molar-refractivity contribution < 1.29 is 8.42 Å². The van der Waals surface area contributed by atoms with Gasteiger partial charge in [0.25, 0.3) is 0 Å². The van der Waals surface area contributed by atoms with E-state index in [4.69, 9.17) is 16.7 Å². The summed E-state index contributed by atoms with van der Waals surface area (Å²) in [7, 11) is -3.52. The topological polar surface area (TPSA) is 60.2 Å². The Labute approximate surface area is 90.1 Å². The van der Waals surface area contributed by atoms with Gasteiger partial charge in [-0.3, -0.25) is 0 Å². The van der Waals surface area contributed by atoms with Crippen molar-refractivity contribution in [3.05, 3.63) is 33.3 Å². The van der Waals surface area contributed by atoms with E-state index in [1.165, 1.54) is 0 Å². The van der Waals surface area contributed by atoms with E-state index >= 15 is 0 Å². The molecule has 0 amide bonds. The average molecular weight is 285 g/mol. The predicted octanol–water partition coefficient (Wildman–Crippen LogP) is 1.89. The number of benzene rings is 1. The zero-order chi connectivity index (χ0) is 10.1. The molecule has 0 bridgehead atoms. The number of hydrogen-bond acceptors (Lipinski definition) is 2. The van der Waals surface area contributed by atoms with Crippen molar-refractivity contribution in [1.29, 1.82) is 0 Å². The molecule has 0 fully saturated rings. The van der Waals surface area contributed by atoms with Gasteiger partial charge in [0, 0.05) is 4.47 Å². The monoisotopic (exact) mass is 283 g/mol. The van der Waals surface area contributed by atoms with Crippen molar-refractivity contribution in [1.82, 2.24) is 0 Å². The lowest BCUT2D eigenvalue weighted by Crippen LogP contribution is -2.14. The number of nitrogens with two attached hydrogens (primary N) is 1. The summed E-state index contributed by atoms with van der Waals surface area (Å²) in [5, 5.41) is 5.27. The van der Waals surface area contributed by atoms with Crippen molar-refractivity contribution in [3.8, 4) is 0 Å². The van der Waals surface area contributed by atoms with Crippen LogP contribution < -0.4 is 5.14 Å². The average Bonchev–Trinajstić information content (AvgIpc) is 1.96. The Morgan fingerprint density at radius 1 is 1.46 bits per heavy atom. The van der Waals surface area contributed by atoms with Gasteiger partial charge in [-0.15, -0.1) is 0 Å². The second kappa shape index (κ2) is 3.96. The van der Waals surface area contributed by atoms with Gasteiger partial charge in [-0.05, 0) is 27.6 Å². The van der Waals surface area contributed by atoms with Crippen LogP contribution in [-0.4, -0.2) is 8.42 Å². The third kappa shape index (κ3) is 3.27. The molecule has 1 rings (SSSR count). The van der Waals surface area contributed by atoms with Crippen molar-refractivity contribution >= 4 is 37.6 Å². The highest BCUT2D eigenvalue weighted by molar-refractivity contribution is 9.10. The molecular formula is C7H7BrClNO2S. The fraction of sp³-hybridized carbons (Fsp3) is 0.143. The van der Waals surface area contributed by atoms with Crippen molar-refractivity contribution in [2.24, 2.45) is 5.14 Å². The van der Waals surface area contributed by atoms with E-state index in [2.05, 4.69) is 15.9 Å². The van der Waals surface area contributed by atoms with Gasteiger partial charge in [-0.1, -0.05) is 23.7 Å². The quantitative estimate of drug-likeness (QED) is 0.901. The van der Waals surface area contributed by atoms with Gasteiger partial charge in [0.2, 0.25) is 10.0 Å². The first kappa shape index (κ1) is 11.0. The van der Waals surface area contributed by atoms with Crippen LogP contribution in [0.4, 0.5) is 0 Å². The Balaban J connectivity index is 3.10. The van der Waals surface area contributed by atoms with Crippen LogP contribution in [0.2, 0.25) is 5.02 Å². The lowest BCUT2D eigenvalue weighted by Gasteiger charge is -2.03. The first-order valence-corrected chi connectivity index (χ1v) is 6.22. The normalized spacial score (nSPS) is 11.6. The minimum atomic E-state index is -3.52. The van der Waals surface area contributed by atoms with E-state index in [0.29, 0.717) is 15.1 Å². The fourth-order valence-electron chi connectivity index (χ4n) is 0.877. The molecule has 0 aliphatic rings. The van der Waals surface area contributed by atoms with Gasteiger partial charge in [0.1, 0.15) is 0 Å². The van der Waals surface area contributed by atoms with Crippen LogP contribution in [0.25, 0.3) is 0 Å². The van der Waals surface area contributed by atoms with Crippen LogP contribution in [0.15, 0.2) is 22.7 Å². The fourth-order valence-corrected chi connectivity index (χ4v) is 2.23. The maximum Gasteiger partial charge on any atom is 0.213 e. The molecule has 0 radical (unpaired) electrons. The first-order valence-electron chi connectivity index (χ1n) is 3.33. The highest BCUT2D eigenvalue weighted by atomic mass is 79.9. The molecule has 72 valence electrons. The Kier molecular flexibility index (Phi) is 3.34. The Morgan fingerprint density at radius 3 is 2.62 bits per heavy atom. The second-order valence-corrected chi connectivity index (χ2v) is 5.37. The van der Waals surface area contributed by atoms with Crippen LogP contribution in [0, 0.1) is 0 Å². The lowest BCUT2D eigenvalue weighted by atomic mass is 10.2. The summed E-state index contributed by atoms with van der Waals surface area (Å²) in [4.78, 5) is 0. The lowest BCUT2D eigenvalue weighted by molar-refractivity contribution is 0.597. The predicted molar refractivity (Wildman–Crippen MR) is 56.0 cm³/mol.